The number of hydrogen-bond acceptors (Lipinski definition) is 5. The van der Waals surface area contributed by atoms with Crippen LogP contribution in [0.15, 0.2) is 36.4 Å². The molecule has 0 bridgehead atoms. The molecule has 23 heavy (non-hydrogen) atoms. The van der Waals surface area contributed by atoms with Crippen molar-refractivity contribution in [3.8, 4) is 0 Å². The predicted molar refractivity (Wildman–Crippen MR) is 85.7 cm³/mol. The van der Waals surface area contributed by atoms with E-state index in [9.17, 15) is 9.18 Å². The normalized spacial score (nSPS) is 10.3. The van der Waals surface area contributed by atoms with Crippen molar-refractivity contribution in [1.29, 1.82) is 0 Å². The van der Waals surface area contributed by atoms with Gasteiger partial charge in [-0.05, 0) is 30.2 Å². The van der Waals surface area contributed by atoms with Crippen LogP contribution in [0.4, 0.5) is 16.0 Å². The van der Waals surface area contributed by atoms with Gasteiger partial charge in [-0.15, -0.1) is 10.2 Å². The molecule has 122 valence electrons. The van der Waals surface area contributed by atoms with E-state index < -0.39 is 5.82 Å². The van der Waals surface area contributed by atoms with Gasteiger partial charge in [0.25, 0.3) is 0 Å². The van der Waals surface area contributed by atoms with Gasteiger partial charge in [-0.25, -0.2) is 4.39 Å². The minimum atomic E-state index is -0.399. The maximum Gasteiger partial charge on any atom is 0.230 e. The van der Waals surface area contributed by atoms with Crippen LogP contribution in [0, 0.1) is 5.82 Å². The van der Waals surface area contributed by atoms with Gasteiger partial charge in [-0.1, -0.05) is 18.2 Å². The van der Waals surface area contributed by atoms with E-state index >= 15 is 0 Å². The van der Waals surface area contributed by atoms with E-state index in [1.54, 1.807) is 37.4 Å². The molecule has 0 atom stereocenters. The molecule has 0 saturated carbocycles. The minimum absolute atomic E-state index is 0.0502. The summed E-state index contributed by atoms with van der Waals surface area (Å²) in [4.78, 5) is 11.9. The summed E-state index contributed by atoms with van der Waals surface area (Å²) in [5.41, 5.74) is 0.342. The SMILES string of the molecule is COCCCNc1ccc(NC(=O)Cc2ccccc2F)nn1. The van der Waals surface area contributed by atoms with Crippen molar-refractivity contribution in [3.05, 3.63) is 47.8 Å². The average molecular weight is 318 g/mol. The number of benzene rings is 1. The van der Waals surface area contributed by atoms with Crippen LogP contribution in [0.2, 0.25) is 0 Å². The van der Waals surface area contributed by atoms with Gasteiger partial charge in [0.05, 0.1) is 6.42 Å². The van der Waals surface area contributed by atoms with Crippen LogP contribution >= 0.6 is 0 Å². The van der Waals surface area contributed by atoms with Crippen molar-refractivity contribution in [2.24, 2.45) is 0 Å². The summed E-state index contributed by atoms with van der Waals surface area (Å²) >= 11 is 0. The second-order valence-electron chi connectivity index (χ2n) is 4.89. The zero-order valence-corrected chi connectivity index (χ0v) is 12.9. The first-order valence-corrected chi connectivity index (χ1v) is 7.29. The first-order valence-electron chi connectivity index (χ1n) is 7.29. The van der Waals surface area contributed by atoms with Crippen molar-refractivity contribution in [2.75, 3.05) is 30.9 Å². The number of hydrogen-bond donors (Lipinski definition) is 2. The Bertz CT molecular complexity index is 634. The molecule has 1 aromatic heterocycles. The van der Waals surface area contributed by atoms with E-state index in [4.69, 9.17) is 4.74 Å². The fraction of sp³-hybridized carbons (Fsp3) is 0.312. The molecule has 0 saturated heterocycles. The molecule has 0 unspecified atom stereocenters. The van der Waals surface area contributed by atoms with Gasteiger partial charge in [-0.2, -0.15) is 0 Å². The van der Waals surface area contributed by atoms with E-state index in [-0.39, 0.29) is 12.3 Å². The number of carbonyl (C=O) groups is 1. The van der Waals surface area contributed by atoms with Crippen molar-refractivity contribution in [2.45, 2.75) is 12.8 Å². The highest BCUT2D eigenvalue weighted by Gasteiger charge is 2.08. The van der Waals surface area contributed by atoms with Gasteiger partial charge in [0, 0.05) is 20.3 Å². The molecule has 1 aromatic carbocycles. The zero-order chi connectivity index (χ0) is 16.5. The number of amides is 1. The Balaban J connectivity index is 1.83. The quantitative estimate of drug-likeness (QED) is 0.730. The first-order chi connectivity index (χ1) is 11.2. The van der Waals surface area contributed by atoms with Crippen LogP contribution in [-0.2, 0) is 16.0 Å². The summed E-state index contributed by atoms with van der Waals surface area (Å²) in [6.45, 7) is 1.39. The van der Waals surface area contributed by atoms with Crippen molar-refractivity contribution in [3.63, 3.8) is 0 Å². The molecule has 2 rings (SSSR count). The number of ether oxygens (including phenoxy) is 1. The Morgan fingerprint density at radius 3 is 2.61 bits per heavy atom. The maximum absolute atomic E-state index is 13.5. The van der Waals surface area contributed by atoms with Crippen LogP contribution in [0.3, 0.4) is 0 Å². The Hall–Kier alpha value is -2.54. The fourth-order valence-electron chi connectivity index (χ4n) is 1.93. The van der Waals surface area contributed by atoms with Gasteiger partial charge in [-0.3, -0.25) is 4.79 Å². The molecule has 0 spiro atoms. The van der Waals surface area contributed by atoms with Crippen LogP contribution in [-0.4, -0.2) is 36.4 Å². The van der Waals surface area contributed by atoms with Crippen molar-refractivity contribution < 1.29 is 13.9 Å². The Morgan fingerprint density at radius 2 is 1.91 bits per heavy atom. The number of halogens is 1. The molecule has 0 fully saturated rings. The van der Waals surface area contributed by atoms with Gasteiger partial charge < -0.3 is 15.4 Å². The standard InChI is InChI=1S/C16H19FN4O2/c1-23-10-4-9-18-14-7-8-15(21-20-14)19-16(22)11-12-5-2-3-6-13(12)17/h2-3,5-8H,4,9-11H2,1H3,(H,18,20)(H,19,21,22). The molecule has 2 N–H and O–H groups in total. The number of rotatable bonds is 8. The molecule has 0 aliphatic rings. The highest BCUT2D eigenvalue weighted by molar-refractivity contribution is 5.91. The van der Waals surface area contributed by atoms with Gasteiger partial charge in [0.1, 0.15) is 11.6 Å². The van der Waals surface area contributed by atoms with E-state index in [1.807, 2.05) is 0 Å². The van der Waals surface area contributed by atoms with Gasteiger partial charge in [0.15, 0.2) is 5.82 Å². The number of anilines is 2. The molecule has 0 aliphatic heterocycles. The van der Waals surface area contributed by atoms with Crippen LogP contribution in [0.5, 0.6) is 0 Å². The van der Waals surface area contributed by atoms with Crippen LogP contribution < -0.4 is 10.6 Å². The zero-order valence-electron chi connectivity index (χ0n) is 12.9. The summed E-state index contributed by atoms with van der Waals surface area (Å²) in [5, 5.41) is 13.6. The molecular weight excluding hydrogens is 299 g/mol. The largest absolute Gasteiger partial charge is 0.385 e. The third-order valence-electron chi connectivity index (χ3n) is 3.07. The van der Waals surface area contributed by atoms with Crippen molar-refractivity contribution in [1.82, 2.24) is 10.2 Å². The number of carbonyl (C=O) groups excluding carboxylic acids is 1. The third kappa shape index (κ3) is 5.63. The maximum atomic E-state index is 13.5. The molecule has 2 aromatic rings. The molecular formula is C16H19FN4O2. The highest BCUT2D eigenvalue weighted by atomic mass is 19.1. The summed E-state index contributed by atoms with van der Waals surface area (Å²) in [5.74, 6) is 0.205. The number of aromatic nitrogens is 2. The molecule has 7 heteroatoms. The minimum Gasteiger partial charge on any atom is -0.385 e. The Kier molecular flexibility index (Phi) is 6.43. The lowest BCUT2D eigenvalue weighted by Gasteiger charge is -2.07. The summed E-state index contributed by atoms with van der Waals surface area (Å²) < 4.78 is 18.4. The Labute approximate surface area is 134 Å². The van der Waals surface area contributed by atoms with E-state index in [0.29, 0.717) is 23.8 Å². The average Bonchev–Trinajstić information content (AvgIpc) is 2.55. The Morgan fingerprint density at radius 1 is 1.17 bits per heavy atom. The van der Waals surface area contributed by atoms with Crippen LogP contribution in [0.25, 0.3) is 0 Å². The lowest BCUT2D eigenvalue weighted by Crippen LogP contribution is -2.16. The molecule has 1 amide bonds. The fourth-order valence-corrected chi connectivity index (χ4v) is 1.93. The van der Waals surface area contributed by atoms with E-state index in [2.05, 4.69) is 20.8 Å². The predicted octanol–water partition coefficient (Wildman–Crippen LogP) is 2.25. The lowest BCUT2D eigenvalue weighted by atomic mass is 10.1. The lowest BCUT2D eigenvalue weighted by molar-refractivity contribution is -0.115. The third-order valence-corrected chi connectivity index (χ3v) is 3.07. The summed E-state index contributed by atoms with van der Waals surface area (Å²) in [6, 6.07) is 9.54. The molecule has 1 heterocycles. The smallest absolute Gasteiger partial charge is 0.230 e. The van der Waals surface area contributed by atoms with Crippen molar-refractivity contribution >= 4 is 17.5 Å². The second-order valence-corrected chi connectivity index (χ2v) is 4.89. The topological polar surface area (TPSA) is 76.1 Å². The number of methoxy groups -OCH3 is 1. The monoisotopic (exact) mass is 318 g/mol. The summed E-state index contributed by atoms with van der Waals surface area (Å²) in [6.07, 6.45) is 0.810. The molecule has 0 aliphatic carbocycles. The van der Waals surface area contributed by atoms with E-state index in [1.165, 1.54) is 6.07 Å². The number of nitrogens with one attached hydrogen (secondary N) is 2. The highest BCUT2D eigenvalue weighted by Crippen LogP contribution is 2.10. The first kappa shape index (κ1) is 16.8. The van der Waals surface area contributed by atoms with Gasteiger partial charge >= 0.3 is 0 Å². The summed E-state index contributed by atoms with van der Waals surface area (Å²) in [7, 11) is 1.65. The van der Waals surface area contributed by atoms with Gasteiger partial charge in [0.2, 0.25) is 5.91 Å². The second kappa shape index (κ2) is 8.79. The van der Waals surface area contributed by atoms with E-state index in [0.717, 1.165) is 13.0 Å². The number of nitrogens with zero attached hydrogens (tertiary/aromatic N) is 2. The molecule has 6 nitrogen and oxygen atoms in total. The molecule has 0 radical (unpaired) electrons. The van der Waals surface area contributed by atoms with Crippen LogP contribution in [0.1, 0.15) is 12.0 Å².